The number of rotatable bonds is 6. The van der Waals surface area contributed by atoms with Crippen LogP contribution in [0, 0.1) is 5.82 Å². The Morgan fingerprint density at radius 3 is 2.90 bits per heavy atom. The molecule has 1 aromatic carbocycles. The third kappa shape index (κ3) is 3.02. The van der Waals surface area contributed by atoms with Crippen LogP contribution < -0.4 is 10.1 Å². The van der Waals surface area contributed by atoms with Gasteiger partial charge in [0, 0.05) is 36.1 Å². The highest BCUT2D eigenvalue weighted by Gasteiger charge is 2.20. The van der Waals surface area contributed by atoms with Crippen LogP contribution in [0.5, 0.6) is 5.75 Å². The van der Waals surface area contributed by atoms with Crippen LogP contribution in [0.15, 0.2) is 36.5 Å². The van der Waals surface area contributed by atoms with Crippen LogP contribution in [-0.4, -0.2) is 17.7 Å². The Morgan fingerprint density at radius 1 is 1.35 bits per heavy atom. The second-order valence-corrected chi connectivity index (χ2v) is 5.24. The lowest BCUT2D eigenvalue weighted by atomic mass is 10.2. The van der Waals surface area contributed by atoms with Gasteiger partial charge in [0.2, 0.25) is 0 Å². The average Bonchev–Trinajstić information content (AvgIpc) is 3.18. The fourth-order valence-corrected chi connectivity index (χ4v) is 2.27. The normalized spacial score (nSPS) is 14.5. The van der Waals surface area contributed by atoms with Gasteiger partial charge in [0.25, 0.3) is 0 Å². The molecule has 1 saturated carbocycles. The molecular weight excluding hydrogens is 255 g/mol. The molecular formula is C16H19FN2O. The van der Waals surface area contributed by atoms with Crippen LogP contribution in [0.25, 0.3) is 0 Å². The van der Waals surface area contributed by atoms with Gasteiger partial charge in [-0.3, -0.25) is 0 Å². The van der Waals surface area contributed by atoms with E-state index in [0.717, 1.165) is 6.54 Å². The van der Waals surface area contributed by atoms with E-state index in [1.165, 1.54) is 24.6 Å². The number of aromatic nitrogens is 1. The van der Waals surface area contributed by atoms with Crippen LogP contribution in [0.3, 0.4) is 0 Å². The van der Waals surface area contributed by atoms with Crippen molar-refractivity contribution < 1.29 is 9.13 Å². The molecule has 4 heteroatoms. The maximum atomic E-state index is 14.0. The number of nitrogens with zero attached hydrogens (tertiary/aromatic N) is 1. The van der Waals surface area contributed by atoms with E-state index in [1.807, 2.05) is 12.3 Å². The third-order valence-electron chi connectivity index (χ3n) is 3.67. The zero-order valence-electron chi connectivity index (χ0n) is 11.6. The van der Waals surface area contributed by atoms with Crippen LogP contribution in [0.2, 0.25) is 0 Å². The molecule has 2 aromatic rings. The van der Waals surface area contributed by atoms with Crippen molar-refractivity contribution in [3.8, 4) is 5.75 Å². The van der Waals surface area contributed by atoms with E-state index in [4.69, 9.17) is 4.74 Å². The summed E-state index contributed by atoms with van der Waals surface area (Å²) in [5.74, 6) is 0.327. The minimum absolute atomic E-state index is 0.223. The van der Waals surface area contributed by atoms with Gasteiger partial charge in [-0.1, -0.05) is 6.07 Å². The van der Waals surface area contributed by atoms with Crippen LogP contribution in [-0.2, 0) is 13.1 Å². The number of benzene rings is 1. The van der Waals surface area contributed by atoms with Crippen molar-refractivity contribution >= 4 is 0 Å². The molecule has 106 valence electrons. The lowest BCUT2D eigenvalue weighted by molar-refractivity contribution is 0.410. The predicted octanol–water partition coefficient (Wildman–Crippen LogP) is 2.94. The van der Waals surface area contributed by atoms with Crippen LogP contribution in [0.4, 0.5) is 4.39 Å². The van der Waals surface area contributed by atoms with Crippen molar-refractivity contribution in [2.75, 3.05) is 7.11 Å². The molecule has 1 aliphatic carbocycles. The highest BCUT2D eigenvalue weighted by atomic mass is 19.1. The maximum absolute atomic E-state index is 14.0. The summed E-state index contributed by atoms with van der Waals surface area (Å²) in [5, 5.41) is 3.48. The zero-order valence-corrected chi connectivity index (χ0v) is 11.6. The lowest BCUT2D eigenvalue weighted by Crippen LogP contribution is -2.18. The number of hydrogen-bond acceptors (Lipinski definition) is 2. The first-order valence-electron chi connectivity index (χ1n) is 6.96. The Bertz CT molecular complexity index is 590. The Balaban J connectivity index is 1.71. The Hall–Kier alpha value is -1.81. The molecule has 20 heavy (non-hydrogen) atoms. The maximum Gasteiger partial charge on any atom is 0.131 e. The molecule has 0 aliphatic heterocycles. The van der Waals surface area contributed by atoms with Crippen molar-refractivity contribution in [2.45, 2.75) is 32.0 Å². The molecule has 0 unspecified atom stereocenters. The first-order valence-corrected chi connectivity index (χ1v) is 6.96. The fraction of sp³-hybridized carbons (Fsp3) is 0.375. The van der Waals surface area contributed by atoms with Gasteiger partial charge in [0.1, 0.15) is 11.6 Å². The molecule has 0 amide bonds. The largest absolute Gasteiger partial charge is 0.497 e. The molecule has 1 aliphatic rings. The highest BCUT2D eigenvalue weighted by Crippen LogP contribution is 2.20. The smallest absolute Gasteiger partial charge is 0.131 e. The van der Waals surface area contributed by atoms with Gasteiger partial charge in [0.15, 0.2) is 0 Å². The molecule has 1 fully saturated rings. The van der Waals surface area contributed by atoms with Gasteiger partial charge in [-0.15, -0.1) is 0 Å². The molecule has 1 aromatic heterocycles. The average molecular weight is 274 g/mol. The summed E-state index contributed by atoms with van der Waals surface area (Å²) >= 11 is 0. The monoisotopic (exact) mass is 274 g/mol. The van der Waals surface area contributed by atoms with Gasteiger partial charge in [-0.2, -0.15) is 0 Å². The van der Waals surface area contributed by atoms with E-state index in [9.17, 15) is 4.39 Å². The van der Waals surface area contributed by atoms with Gasteiger partial charge in [-0.05, 0) is 31.0 Å². The Labute approximate surface area is 118 Å². The van der Waals surface area contributed by atoms with Crippen LogP contribution in [0.1, 0.15) is 24.1 Å². The lowest BCUT2D eigenvalue weighted by Gasteiger charge is -2.11. The van der Waals surface area contributed by atoms with Gasteiger partial charge in [-0.25, -0.2) is 4.39 Å². The molecule has 0 saturated heterocycles. The number of halogens is 1. The summed E-state index contributed by atoms with van der Waals surface area (Å²) in [7, 11) is 1.54. The standard InChI is InChI=1S/C16H19FN2O/c1-20-15-7-4-12(16(17)9-15)11-19-8-2-3-14(19)10-18-13-5-6-13/h2-4,7-9,13,18H,5-6,10-11H2,1H3. The summed E-state index contributed by atoms with van der Waals surface area (Å²) in [6.07, 6.45) is 4.54. The van der Waals surface area contributed by atoms with Crippen molar-refractivity contribution in [1.29, 1.82) is 0 Å². The van der Waals surface area contributed by atoms with Crippen molar-refractivity contribution in [3.05, 3.63) is 53.6 Å². The van der Waals surface area contributed by atoms with Crippen LogP contribution >= 0.6 is 0 Å². The number of methoxy groups -OCH3 is 1. The molecule has 3 nitrogen and oxygen atoms in total. The zero-order chi connectivity index (χ0) is 13.9. The van der Waals surface area contributed by atoms with E-state index >= 15 is 0 Å². The molecule has 3 rings (SSSR count). The predicted molar refractivity (Wildman–Crippen MR) is 76.3 cm³/mol. The Morgan fingerprint density at radius 2 is 2.20 bits per heavy atom. The topological polar surface area (TPSA) is 26.2 Å². The van der Waals surface area contributed by atoms with Gasteiger partial charge >= 0.3 is 0 Å². The summed E-state index contributed by atoms with van der Waals surface area (Å²) in [5.41, 5.74) is 1.86. The second-order valence-electron chi connectivity index (χ2n) is 5.24. The third-order valence-corrected chi connectivity index (χ3v) is 3.67. The van der Waals surface area contributed by atoms with E-state index < -0.39 is 0 Å². The Kier molecular flexibility index (Phi) is 3.74. The number of ether oxygens (including phenoxy) is 1. The van der Waals surface area contributed by atoms with E-state index in [1.54, 1.807) is 19.2 Å². The second kappa shape index (κ2) is 5.67. The first kappa shape index (κ1) is 13.2. The fourth-order valence-electron chi connectivity index (χ4n) is 2.27. The molecule has 1 heterocycles. The van der Waals surface area contributed by atoms with E-state index in [-0.39, 0.29) is 5.82 Å². The first-order chi connectivity index (χ1) is 9.76. The van der Waals surface area contributed by atoms with E-state index in [0.29, 0.717) is 23.9 Å². The van der Waals surface area contributed by atoms with E-state index in [2.05, 4.69) is 16.0 Å². The van der Waals surface area contributed by atoms with Crippen molar-refractivity contribution in [3.63, 3.8) is 0 Å². The molecule has 0 bridgehead atoms. The summed E-state index contributed by atoms with van der Waals surface area (Å²) in [4.78, 5) is 0. The summed E-state index contributed by atoms with van der Waals surface area (Å²) in [6.45, 7) is 1.39. The number of hydrogen-bond donors (Lipinski definition) is 1. The molecule has 0 spiro atoms. The van der Waals surface area contributed by atoms with Gasteiger partial charge < -0.3 is 14.6 Å². The summed E-state index contributed by atoms with van der Waals surface area (Å²) in [6, 6.07) is 9.77. The van der Waals surface area contributed by atoms with Gasteiger partial charge in [0.05, 0.1) is 13.7 Å². The van der Waals surface area contributed by atoms with Crippen molar-refractivity contribution in [1.82, 2.24) is 9.88 Å². The molecule has 1 N–H and O–H groups in total. The molecule has 0 atom stereocenters. The minimum atomic E-state index is -0.223. The highest BCUT2D eigenvalue weighted by molar-refractivity contribution is 5.29. The van der Waals surface area contributed by atoms with Crippen molar-refractivity contribution in [2.24, 2.45) is 0 Å². The SMILES string of the molecule is COc1ccc(Cn2cccc2CNC2CC2)c(F)c1. The summed E-state index contributed by atoms with van der Waals surface area (Å²) < 4.78 is 21.1. The minimum Gasteiger partial charge on any atom is -0.497 e. The molecule has 0 radical (unpaired) electrons. The quantitative estimate of drug-likeness (QED) is 0.876. The number of nitrogens with one attached hydrogen (secondary N) is 1.